The second-order valence-electron chi connectivity index (χ2n) is 9.48. The Bertz CT molecular complexity index is 1340. The van der Waals surface area contributed by atoms with E-state index >= 15 is 0 Å². The molecule has 0 aliphatic carbocycles. The Kier molecular flexibility index (Phi) is 7.30. The Morgan fingerprint density at radius 3 is 2.69 bits per heavy atom. The second-order valence-corrected chi connectivity index (χ2v) is 9.48. The van der Waals surface area contributed by atoms with Gasteiger partial charge in [-0.15, -0.1) is 0 Å². The highest BCUT2D eigenvalue weighted by atomic mass is 19.1. The first-order valence-electron chi connectivity index (χ1n) is 12.5. The first-order chi connectivity index (χ1) is 17.5. The lowest BCUT2D eigenvalue weighted by Crippen LogP contribution is -2.40. The number of imidazole rings is 1. The highest BCUT2D eigenvalue weighted by molar-refractivity contribution is 5.76. The van der Waals surface area contributed by atoms with Crippen LogP contribution in [0.5, 0.6) is 0 Å². The maximum absolute atomic E-state index is 13.8. The number of carbonyl (C=O) groups is 1. The number of halogens is 2. The molecule has 3 aromatic heterocycles. The van der Waals surface area contributed by atoms with E-state index < -0.39 is 0 Å². The Morgan fingerprint density at radius 2 is 1.83 bits per heavy atom. The van der Waals surface area contributed by atoms with E-state index in [0.29, 0.717) is 29.5 Å². The molecule has 6 nitrogen and oxygen atoms in total. The maximum Gasteiger partial charge on any atom is 0.222 e. The third-order valence-corrected chi connectivity index (χ3v) is 6.80. The molecular weight excluding hydrogens is 460 g/mol. The number of aryl methyl sites for hydroxylation is 1. The number of piperidine rings is 1. The fraction of sp³-hybridized carbons (Fsp3) is 0.357. The van der Waals surface area contributed by atoms with E-state index in [1.807, 2.05) is 11.0 Å². The number of benzene rings is 1. The smallest absolute Gasteiger partial charge is 0.222 e. The standard InChI is InChI=1S/C28H29F2N5O/c29-22-9-7-20(8-10-22)4-1-2-6-27(36)34-15-3-5-21(18-34)16-24-13-14-31-28(33-24)25-17-32-26-12-11-23(30)19-35(25)26/h7-14,17,19,21H,1-6,15-16,18H2/t21-/m0/s1. The summed E-state index contributed by atoms with van der Waals surface area (Å²) in [6, 6.07) is 11.5. The lowest BCUT2D eigenvalue weighted by molar-refractivity contribution is -0.133. The molecule has 0 saturated carbocycles. The van der Waals surface area contributed by atoms with Gasteiger partial charge in [0, 0.05) is 37.6 Å². The monoisotopic (exact) mass is 489 g/mol. The molecule has 4 heterocycles. The first-order valence-corrected chi connectivity index (χ1v) is 12.5. The van der Waals surface area contributed by atoms with Crippen LogP contribution in [0, 0.1) is 17.6 Å². The van der Waals surface area contributed by atoms with E-state index in [0.717, 1.165) is 62.9 Å². The highest BCUT2D eigenvalue weighted by Gasteiger charge is 2.24. The number of hydrogen-bond acceptors (Lipinski definition) is 4. The highest BCUT2D eigenvalue weighted by Crippen LogP contribution is 2.23. The summed E-state index contributed by atoms with van der Waals surface area (Å²) in [7, 11) is 0. The van der Waals surface area contributed by atoms with Gasteiger partial charge in [0.15, 0.2) is 5.82 Å². The molecular formula is C28H29F2N5O. The van der Waals surface area contributed by atoms with Crippen molar-refractivity contribution in [3.8, 4) is 11.5 Å². The molecule has 1 amide bonds. The van der Waals surface area contributed by atoms with Crippen LogP contribution in [0.3, 0.4) is 0 Å². The van der Waals surface area contributed by atoms with Crippen LogP contribution in [0.25, 0.3) is 17.2 Å². The molecule has 1 fully saturated rings. The van der Waals surface area contributed by atoms with E-state index in [4.69, 9.17) is 4.98 Å². The van der Waals surface area contributed by atoms with Gasteiger partial charge in [0.05, 0.1) is 6.20 Å². The van der Waals surface area contributed by atoms with Crippen molar-refractivity contribution in [2.75, 3.05) is 13.1 Å². The van der Waals surface area contributed by atoms with Crippen molar-refractivity contribution in [3.63, 3.8) is 0 Å². The number of nitrogens with zero attached hydrogens (tertiary/aromatic N) is 5. The number of unbranched alkanes of at least 4 members (excludes halogenated alkanes) is 1. The van der Waals surface area contributed by atoms with Crippen LogP contribution in [0.15, 0.2) is 61.1 Å². The van der Waals surface area contributed by atoms with Crippen molar-refractivity contribution in [2.45, 2.75) is 44.9 Å². The van der Waals surface area contributed by atoms with Gasteiger partial charge < -0.3 is 4.90 Å². The molecule has 0 bridgehead atoms. The minimum Gasteiger partial charge on any atom is -0.342 e. The number of carbonyl (C=O) groups excluding carboxylic acids is 1. The van der Waals surface area contributed by atoms with Crippen LogP contribution in [0.4, 0.5) is 8.78 Å². The minimum atomic E-state index is -0.347. The predicted octanol–water partition coefficient (Wildman–Crippen LogP) is 5.26. The van der Waals surface area contributed by atoms with Crippen molar-refractivity contribution in [2.24, 2.45) is 5.92 Å². The van der Waals surface area contributed by atoms with Gasteiger partial charge in [0.2, 0.25) is 5.91 Å². The molecule has 1 aliphatic rings. The minimum absolute atomic E-state index is 0.204. The number of rotatable bonds is 8. The summed E-state index contributed by atoms with van der Waals surface area (Å²) < 4.78 is 28.4. The zero-order chi connectivity index (χ0) is 24.9. The van der Waals surface area contributed by atoms with E-state index in [-0.39, 0.29) is 17.5 Å². The van der Waals surface area contributed by atoms with Gasteiger partial charge >= 0.3 is 0 Å². The first kappa shape index (κ1) is 24.0. The van der Waals surface area contributed by atoms with Crippen molar-refractivity contribution in [1.29, 1.82) is 0 Å². The molecule has 36 heavy (non-hydrogen) atoms. The molecule has 1 aromatic carbocycles. The summed E-state index contributed by atoms with van der Waals surface area (Å²) in [5, 5.41) is 0. The van der Waals surface area contributed by atoms with Gasteiger partial charge in [-0.25, -0.2) is 23.7 Å². The van der Waals surface area contributed by atoms with Crippen LogP contribution in [0.1, 0.15) is 43.4 Å². The fourth-order valence-corrected chi connectivity index (χ4v) is 4.92. The number of aromatic nitrogens is 4. The van der Waals surface area contributed by atoms with Gasteiger partial charge in [-0.3, -0.25) is 9.20 Å². The Balaban J connectivity index is 1.15. The SMILES string of the molecule is O=C(CCCCc1ccc(F)cc1)N1CCC[C@@H](Cc2ccnc(-c3cnc4ccc(F)cn34)n2)C1. The van der Waals surface area contributed by atoms with Crippen LogP contribution in [-0.2, 0) is 17.6 Å². The molecule has 8 heteroatoms. The average Bonchev–Trinajstić information content (AvgIpc) is 3.31. The molecule has 0 spiro atoms. The second kappa shape index (κ2) is 10.9. The van der Waals surface area contributed by atoms with Gasteiger partial charge in [0.1, 0.15) is 23.0 Å². The van der Waals surface area contributed by atoms with Gasteiger partial charge in [0.25, 0.3) is 0 Å². The van der Waals surface area contributed by atoms with Gasteiger partial charge in [-0.1, -0.05) is 12.1 Å². The number of amides is 1. The number of pyridine rings is 1. The van der Waals surface area contributed by atoms with Crippen molar-refractivity contribution < 1.29 is 13.6 Å². The lowest BCUT2D eigenvalue weighted by atomic mass is 9.93. The van der Waals surface area contributed by atoms with Crippen LogP contribution in [-0.4, -0.2) is 43.2 Å². The van der Waals surface area contributed by atoms with Crippen molar-refractivity contribution in [1.82, 2.24) is 24.3 Å². The summed E-state index contributed by atoms with van der Waals surface area (Å²) in [5.41, 5.74) is 3.29. The summed E-state index contributed by atoms with van der Waals surface area (Å²) in [4.78, 5) is 28.3. The number of hydrogen-bond donors (Lipinski definition) is 0. The molecule has 4 aromatic rings. The van der Waals surface area contributed by atoms with E-state index in [9.17, 15) is 13.6 Å². The topological polar surface area (TPSA) is 63.4 Å². The van der Waals surface area contributed by atoms with Crippen molar-refractivity contribution >= 4 is 11.6 Å². The summed E-state index contributed by atoms with van der Waals surface area (Å²) in [6.45, 7) is 1.53. The fourth-order valence-electron chi connectivity index (χ4n) is 4.92. The third kappa shape index (κ3) is 5.75. The lowest BCUT2D eigenvalue weighted by Gasteiger charge is -2.33. The summed E-state index contributed by atoms with van der Waals surface area (Å²) >= 11 is 0. The Labute approximate surface area is 209 Å². The van der Waals surface area contributed by atoms with Crippen LogP contribution in [0.2, 0.25) is 0 Å². The zero-order valence-corrected chi connectivity index (χ0v) is 20.1. The van der Waals surface area contributed by atoms with E-state index in [1.54, 1.807) is 35.0 Å². The Hall–Kier alpha value is -3.68. The molecule has 1 saturated heterocycles. The van der Waals surface area contributed by atoms with Crippen LogP contribution >= 0.6 is 0 Å². The number of fused-ring (bicyclic) bond motifs is 1. The summed E-state index contributed by atoms with van der Waals surface area (Å²) in [6.07, 6.45) is 10.7. The average molecular weight is 490 g/mol. The molecule has 186 valence electrons. The largest absolute Gasteiger partial charge is 0.342 e. The molecule has 0 unspecified atom stereocenters. The third-order valence-electron chi connectivity index (χ3n) is 6.80. The zero-order valence-electron chi connectivity index (χ0n) is 20.1. The van der Waals surface area contributed by atoms with Crippen molar-refractivity contribution in [3.05, 3.63) is 83.9 Å². The van der Waals surface area contributed by atoms with E-state index in [2.05, 4.69) is 9.97 Å². The maximum atomic E-state index is 13.8. The van der Waals surface area contributed by atoms with Gasteiger partial charge in [-0.05, 0) is 80.3 Å². The molecule has 1 aliphatic heterocycles. The molecule has 5 rings (SSSR count). The molecule has 0 N–H and O–H groups in total. The van der Waals surface area contributed by atoms with Gasteiger partial charge in [-0.2, -0.15) is 0 Å². The van der Waals surface area contributed by atoms with Crippen LogP contribution < -0.4 is 0 Å². The summed E-state index contributed by atoms with van der Waals surface area (Å²) in [5.74, 6) is 0.479. The van der Waals surface area contributed by atoms with E-state index in [1.165, 1.54) is 24.4 Å². The Morgan fingerprint density at radius 1 is 1.00 bits per heavy atom. The molecule has 1 atom stereocenters. The normalized spacial score (nSPS) is 15.9. The quantitative estimate of drug-likeness (QED) is 0.317. The molecule has 0 radical (unpaired) electrons. The predicted molar refractivity (Wildman–Crippen MR) is 133 cm³/mol. The number of likely N-dealkylation sites (tertiary alicyclic amines) is 1.